The van der Waals surface area contributed by atoms with E-state index in [1.165, 1.54) is 25.7 Å². The highest BCUT2D eigenvalue weighted by Crippen LogP contribution is 2.55. The van der Waals surface area contributed by atoms with E-state index in [0.29, 0.717) is 12.6 Å². The van der Waals surface area contributed by atoms with Crippen LogP contribution in [0.1, 0.15) is 92.9 Å². The maximum absolute atomic E-state index is 13.2. The summed E-state index contributed by atoms with van der Waals surface area (Å²) in [6.45, 7) is 5.34. The maximum Gasteiger partial charge on any atom is 0.315 e. The smallest absolute Gasteiger partial charge is 0.315 e. The van der Waals surface area contributed by atoms with E-state index in [2.05, 4.69) is 83.1 Å². The van der Waals surface area contributed by atoms with Gasteiger partial charge in [-0.15, -0.1) is 0 Å². The molecule has 272 valence electrons. The van der Waals surface area contributed by atoms with Crippen molar-refractivity contribution in [3.05, 3.63) is 95.1 Å². The number of nitrogens with one attached hydrogen (secondary N) is 2. The molecule has 0 aromatic heterocycles. The topological polar surface area (TPSA) is 92.3 Å². The van der Waals surface area contributed by atoms with E-state index >= 15 is 0 Å². The Morgan fingerprint density at radius 2 is 1.61 bits per heavy atom. The summed E-state index contributed by atoms with van der Waals surface area (Å²) in [5, 5.41) is 16.3. The first-order valence-corrected chi connectivity index (χ1v) is 19.4. The third-order valence-electron chi connectivity index (χ3n) is 12.7. The Balaban J connectivity index is 0.971. The molecule has 9 rings (SSSR count). The van der Waals surface area contributed by atoms with Gasteiger partial charge in [-0.05, 0) is 116 Å². The summed E-state index contributed by atoms with van der Waals surface area (Å²) in [7, 11) is 1.78. The summed E-state index contributed by atoms with van der Waals surface area (Å²) in [5.74, 6) is 2.51. The van der Waals surface area contributed by atoms with Crippen LogP contribution < -0.4 is 10.6 Å². The van der Waals surface area contributed by atoms with Crippen LogP contribution in [-0.4, -0.2) is 60.5 Å². The zero-order valence-electron chi connectivity index (χ0n) is 30.3. The van der Waals surface area contributed by atoms with Crippen LogP contribution in [0.3, 0.4) is 0 Å². The molecule has 5 unspecified atom stereocenters. The lowest BCUT2D eigenvalue weighted by Crippen LogP contribution is -2.61. The van der Waals surface area contributed by atoms with Gasteiger partial charge in [-0.25, -0.2) is 4.79 Å². The van der Waals surface area contributed by atoms with Crippen molar-refractivity contribution in [3.8, 4) is 11.1 Å². The van der Waals surface area contributed by atoms with Crippen LogP contribution in [0.15, 0.2) is 72.8 Å². The Morgan fingerprint density at radius 3 is 2.31 bits per heavy atom. The Labute approximate surface area is 303 Å². The van der Waals surface area contributed by atoms with Crippen molar-refractivity contribution in [1.82, 2.24) is 15.5 Å². The molecule has 3 aromatic carbocycles. The highest BCUT2D eigenvalue weighted by Gasteiger charge is 2.51. The van der Waals surface area contributed by atoms with E-state index < -0.39 is 6.29 Å². The summed E-state index contributed by atoms with van der Waals surface area (Å²) >= 11 is 0. The van der Waals surface area contributed by atoms with Gasteiger partial charge in [-0.2, -0.15) is 0 Å². The van der Waals surface area contributed by atoms with Crippen molar-refractivity contribution in [2.75, 3.05) is 26.8 Å². The number of hydrogen-bond donors (Lipinski definition) is 3. The predicted molar refractivity (Wildman–Crippen MR) is 198 cm³/mol. The molecule has 4 bridgehead atoms. The lowest BCUT2D eigenvalue weighted by Gasteiger charge is -2.56. The van der Waals surface area contributed by atoms with Crippen molar-refractivity contribution >= 4 is 6.03 Å². The average Bonchev–Trinajstić information content (AvgIpc) is 3.57. The first-order chi connectivity index (χ1) is 24.9. The molecule has 3 aromatic rings. The average molecular weight is 694 g/mol. The third-order valence-corrected chi connectivity index (χ3v) is 12.7. The van der Waals surface area contributed by atoms with Crippen LogP contribution in [-0.2, 0) is 27.4 Å². The van der Waals surface area contributed by atoms with Gasteiger partial charge in [0, 0.05) is 43.3 Å². The Kier molecular flexibility index (Phi) is 10.2. The summed E-state index contributed by atoms with van der Waals surface area (Å²) in [6.07, 6.45) is 9.12. The fraction of sp³-hybridized carbons (Fsp3) is 0.558. The zero-order valence-corrected chi connectivity index (χ0v) is 30.3. The van der Waals surface area contributed by atoms with Crippen LogP contribution >= 0.6 is 0 Å². The molecule has 3 N–H and O–H groups in total. The van der Waals surface area contributed by atoms with E-state index in [4.69, 9.17) is 14.2 Å². The SMILES string of the molecule is COCC1CCCN1CC1OC(c2cccc(-c3cccc(CNC(=O)NC45CC6CC(CC(C6)C4)C5)c3)c2)OC(c2ccc(CO)cc2)C1C. The highest BCUT2D eigenvalue weighted by molar-refractivity contribution is 5.75. The third kappa shape index (κ3) is 7.63. The summed E-state index contributed by atoms with van der Waals surface area (Å²) in [4.78, 5) is 15.7. The van der Waals surface area contributed by atoms with E-state index in [0.717, 1.165) is 96.5 Å². The van der Waals surface area contributed by atoms with Crippen LogP contribution in [0.5, 0.6) is 0 Å². The Bertz CT molecular complexity index is 1630. The molecule has 8 nitrogen and oxygen atoms in total. The molecule has 5 atom stereocenters. The molecular weight excluding hydrogens is 638 g/mol. The van der Waals surface area contributed by atoms with Crippen molar-refractivity contribution < 1.29 is 24.1 Å². The molecule has 8 heteroatoms. The quantitative estimate of drug-likeness (QED) is 0.193. The summed E-state index contributed by atoms with van der Waals surface area (Å²) < 4.78 is 19.2. The molecule has 0 spiro atoms. The second kappa shape index (κ2) is 15.0. The minimum atomic E-state index is -0.532. The first-order valence-electron chi connectivity index (χ1n) is 19.4. The normalized spacial score (nSPS) is 33.0. The molecule has 2 saturated heterocycles. The predicted octanol–water partition coefficient (Wildman–Crippen LogP) is 7.52. The number of amides is 2. The van der Waals surface area contributed by atoms with Gasteiger partial charge in [0.1, 0.15) is 0 Å². The highest BCUT2D eigenvalue weighted by atomic mass is 16.7. The van der Waals surface area contributed by atoms with E-state index in [1.807, 2.05) is 12.1 Å². The van der Waals surface area contributed by atoms with Crippen LogP contribution in [0.25, 0.3) is 11.1 Å². The van der Waals surface area contributed by atoms with Crippen molar-refractivity contribution in [2.45, 2.75) is 102 Å². The van der Waals surface area contributed by atoms with Crippen molar-refractivity contribution in [1.29, 1.82) is 0 Å². The number of aliphatic hydroxyl groups is 1. The number of benzene rings is 3. The van der Waals surface area contributed by atoms with Crippen LogP contribution in [0, 0.1) is 23.7 Å². The minimum Gasteiger partial charge on any atom is -0.392 e. The maximum atomic E-state index is 13.2. The largest absolute Gasteiger partial charge is 0.392 e. The van der Waals surface area contributed by atoms with Gasteiger partial charge in [0.2, 0.25) is 0 Å². The second-order valence-corrected chi connectivity index (χ2v) is 16.4. The molecule has 4 aliphatic carbocycles. The van der Waals surface area contributed by atoms with Gasteiger partial charge in [-0.3, -0.25) is 4.90 Å². The minimum absolute atomic E-state index is 0.00315. The second-order valence-electron chi connectivity index (χ2n) is 16.4. The molecule has 2 heterocycles. The van der Waals surface area contributed by atoms with Crippen molar-refractivity contribution in [3.63, 3.8) is 0 Å². The van der Waals surface area contributed by atoms with Gasteiger partial charge < -0.3 is 30.0 Å². The van der Waals surface area contributed by atoms with Gasteiger partial charge in [-0.1, -0.05) is 67.6 Å². The fourth-order valence-electron chi connectivity index (χ4n) is 10.5. The number of rotatable bonds is 11. The number of urea groups is 1. The first kappa shape index (κ1) is 34.8. The summed E-state index contributed by atoms with van der Waals surface area (Å²) in [5.41, 5.74) is 6.21. The number of nitrogens with zero attached hydrogens (tertiary/aromatic N) is 1. The van der Waals surface area contributed by atoms with E-state index in [-0.39, 0.29) is 36.3 Å². The van der Waals surface area contributed by atoms with E-state index in [1.54, 1.807) is 7.11 Å². The number of carbonyl (C=O) groups excluding carboxylic acids is 1. The number of ether oxygens (including phenoxy) is 3. The molecule has 2 aliphatic heterocycles. The number of hydrogen-bond acceptors (Lipinski definition) is 6. The number of likely N-dealkylation sites (tertiary alicyclic amines) is 1. The molecule has 51 heavy (non-hydrogen) atoms. The van der Waals surface area contributed by atoms with Crippen LogP contribution in [0.2, 0.25) is 0 Å². The van der Waals surface area contributed by atoms with Crippen LogP contribution in [0.4, 0.5) is 4.79 Å². The number of methoxy groups -OCH3 is 1. The van der Waals surface area contributed by atoms with Crippen molar-refractivity contribution in [2.24, 2.45) is 23.7 Å². The van der Waals surface area contributed by atoms with Gasteiger partial charge in [0.25, 0.3) is 0 Å². The molecule has 4 saturated carbocycles. The van der Waals surface area contributed by atoms with Gasteiger partial charge in [0.15, 0.2) is 6.29 Å². The van der Waals surface area contributed by atoms with Gasteiger partial charge in [0.05, 0.1) is 25.4 Å². The molecular formula is C43H55N3O5. The number of carbonyl (C=O) groups is 1. The monoisotopic (exact) mass is 693 g/mol. The lowest BCUT2D eigenvalue weighted by molar-refractivity contribution is -0.276. The molecule has 2 amide bonds. The Hall–Kier alpha value is -3.27. The Morgan fingerprint density at radius 1 is 0.902 bits per heavy atom. The fourth-order valence-corrected chi connectivity index (χ4v) is 10.5. The molecule has 6 aliphatic rings. The number of aliphatic hydroxyl groups excluding tert-OH is 1. The molecule has 6 fully saturated rings. The van der Waals surface area contributed by atoms with Gasteiger partial charge >= 0.3 is 6.03 Å². The standard InChI is InChI=1S/C43H55N3O5/c1-28-39(25-46-15-5-10-38(46)27-49-2)50-41(51-40(28)34-13-11-29(26-47)12-14-34)37-9-4-8-36(20-37)35-7-3-6-30(19-35)24-44-42(48)45-43-21-31-16-32(22-43)18-33(17-31)23-43/h3-4,6-9,11-14,19-20,28,31-33,38-41,47H,5,10,15-18,21-27H2,1-2H3,(H2,44,45,48). The summed E-state index contributed by atoms with van der Waals surface area (Å²) in [6, 6.07) is 25.4. The molecule has 0 radical (unpaired) electrons. The lowest BCUT2D eigenvalue weighted by atomic mass is 9.53. The van der Waals surface area contributed by atoms with E-state index in [9.17, 15) is 9.90 Å². The zero-order chi connectivity index (χ0) is 35.0.